The first kappa shape index (κ1) is 16.4. The molecule has 0 radical (unpaired) electrons. The fraction of sp³-hybridized carbons (Fsp3) is 0.909. The number of unbranched alkanes of at least 4 members (excludes halogenated alkanes) is 3. The highest BCUT2D eigenvalue weighted by Crippen LogP contribution is 2.43. The number of hydrogen-bond acceptors (Lipinski definition) is 3. The largest absolute Gasteiger partial charge is 0.454 e. The van der Waals surface area contributed by atoms with Crippen molar-refractivity contribution in [3.63, 3.8) is 0 Å². The lowest BCUT2D eigenvalue weighted by atomic mass is 10.2. The maximum absolute atomic E-state index is 11.5. The minimum atomic E-state index is -3.86. The average Bonchev–Trinajstić information content (AvgIpc) is 2.71. The molecule has 0 spiro atoms. The van der Waals surface area contributed by atoms with Crippen molar-refractivity contribution < 1.29 is 14.0 Å². The highest BCUT2D eigenvalue weighted by molar-refractivity contribution is 7.51. The zero-order chi connectivity index (χ0) is 14.3. The molecule has 0 aliphatic carbocycles. The standard InChI is InChI=1S/C11H25N4O3P/c1-14-9-10-15(8-6-4-3-5-7-12)11(14)13-19(16,17)18-2/h3-10,12H2,1-2H3,(H,16,17)/b13-11+. The Hall–Kier alpha value is -0.620. The predicted molar refractivity (Wildman–Crippen MR) is 76.0 cm³/mol. The maximum Gasteiger partial charge on any atom is 0.454 e. The van der Waals surface area contributed by atoms with E-state index in [1.165, 1.54) is 7.11 Å². The van der Waals surface area contributed by atoms with Gasteiger partial charge in [0.05, 0.1) is 0 Å². The summed E-state index contributed by atoms with van der Waals surface area (Å²) in [4.78, 5) is 13.3. The molecule has 1 aliphatic heterocycles. The molecule has 1 heterocycles. The topological polar surface area (TPSA) is 91.4 Å². The Kier molecular flexibility index (Phi) is 6.79. The molecule has 7 nitrogen and oxygen atoms in total. The summed E-state index contributed by atoms with van der Waals surface area (Å²) < 4.78 is 19.9. The molecular weight excluding hydrogens is 267 g/mol. The monoisotopic (exact) mass is 292 g/mol. The van der Waals surface area contributed by atoms with Gasteiger partial charge in [0.2, 0.25) is 5.96 Å². The summed E-state index contributed by atoms with van der Waals surface area (Å²) in [5, 5.41) is 0. The van der Waals surface area contributed by atoms with Gasteiger partial charge in [-0.2, -0.15) is 0 Å². The van der Waals surface area contributed by atoms with Gasteiger partial charge in [-0.15, -0.1) is 4.76 Å². The highest BCUT2D eigenvalue weighted by Gasteiger charge is 2.27. The van der Waals surface area contributed by atoms with Crippen molar-refractivity contribution in [3.05, 3.63) is 0 Å². The molecule has 0 bridgehead atoms. The zero-order valence-electron chi connectivity index (χ0n) is 11.8. The van der Waals surface area contributed by atoms with Crippen molar-refractivity contribution in [2.45, 2.75) is 25.7 Å². The van der Waals surface area contributed by atoms with Gasteiger partial charge in [0.15, 0.2) is 0 Å². The van der Waals surface area contributed by atoms with Crippen LogP contribution in [-0.4, -0.2) is 61.0 Å². The summed E-state index contributed by atoms with van der Waals surface area (Å²) in [5.41, 5.74) is 5.45. The van der Waals surface area contributed by atoms with E-state index in [4.69, 9.17) is 5.73 Å². The Morgan fingerprint density at radius 3 is 2.68 bits per heavy atom. The van der Waals surface area contributed by atoms with Crippen LogP contribution < -0.4 is 5.73 Å². The second-order valence-electron chi connectivity index (χ2n) is 4.68. The third kappa shape index (κ3) is 5.48. The van der Waals surface area contributed by atoms with Gasteiger partial charge in [0.25, 0.3) is 0 Å². The lowest BCUT2D eigenvalue weighted by molar-refractivity contribution is 0.315. The average molecular weight is 292 g/mol. The van der Waals surface area contributed by atoms with E-state index in [0.29, 0.717) is 5.96 Å². The summed E-state index contributed by atoms with van der Waals surface area (Å²) in [6.45, 7) is 3.22. The van der Waals surface area contributed by atoms with E-state index < -0.39 is 7.75 Å². The minimum Gasteiger partial charge on any atom is -0.344 e. The number of nitrogens with zero attached hydrogens (tertiary/aromatic N) is 3. The number of nitrogens with two attached hydrogens (primary N) is 1. The highest BCUT2D eigenvalue weighted by atomic mass is 31.2. The smallest absolute Gasteiger partial charge is 0.344 e. The fourth-order valence-electron chi connectivity index (χ4n) is 2.02. The van der Waals surface area contributed by atoms with Crippen LogP contribution in [-0.2, 0) is 9.09 Å². The van der Waals surface area contributed by atoms with E-state index in [0.717, 1.165) is 51.9 Å². The van der Waals surface area contributed by atoms with E-state index in [2.05, 4.69) is 9.29 Å². The molecule has 0 aromatic heterocycles. The second kappa shape index (κ2) is 7.85. The molecule has 3 N–H and O–H groups in total. The van der Waals surface area contributed by atoms with Gasteiger partial charge in [0, 0.05) is 33.8 Å². The van der Waals surface area contributed by atoms with E-state index in [9.17, 15) is 9.46 Å². The normalized spacial score (nSPS) is 21.2. The molecule has 1 unspecified atom stereocenters. The summed E-state index contributed by atoms with van der Waals surface area (Å²) in [7, 11) is -0.804. The molecule has 0 aromatic rings. The summed E-state index contributed by atoms with van der Waals surface area (Å²) >= 11 is 0. The number of likely N-dealkylation sites (N-methyl/N-ethyl adjacent to an activating group) is 1. The van der Waals surface area contributed by atoms with Gasteiger partial charge in [-0.3, -0.25) is 4.52 Å². The Morgan fingerprint density at radius 2 is 2.05 bits per heavy atom. The number of hydrogen-bond donors (Lipinski definition) is 2. The van der Waals surface area contributed by atoms with Crippen LogP contribution in [0, 0.1) is 0 Å². The molecule has 1 rings (SSSR count). The quantitative estimate of drug-likeness (QED) is 0.509. The third-order valence-corrected chi connectivity index (χ3v) is 4.07. The van der Waals surface area contributed by atoms with Gasteiger partial charge in [0.1, 0.15) is 0 Å². The van der Waals surface area contributed by atoms with Crippen LogP contribution in [0.4, 0.5) is 0 Å². The molecule has 112 valence electrons. The van der Waals surface area contributed by atoms with Crippen molar-refractivity contribution in [2.75, 3.05) is 40.3 Å². The van der Waals surface area contributed by atoms with Crippen molar-refractivity contribution >= 4 is 13.7 Å². The van der Waals surface area contributed by atoms with E-state index >= 15 is 0 Å². The first-order chi connectivity index (χ1) is 9.00. The van der Waals surface area contributed by atoms with Crippen LogP contribution in [0.3, 0.4) is 0 Å². The van der Waals surface area contributed by atoms with Crippen LogP contribution in [0.15, 0.2) is 4.76 Å². The third-order valence-electron chi connectivity index (χ3n) is 3.17. The van der Waals surface area contributed by atoms with Crippen LogP contribution in [0.2, 0.25) is 0 Å². The van der Waals surface area contributed by atoms with Gasteiger partial charge >= 0.3 is 7.75 Å². The van der Waals surface area contributed by atoms with Gasteiger partial charge in [-0.05, 0) is 19.4 Å². The molecule has 1 saturated heterocycles. The molecule has 0 saturated carbocycles. The Labute approximate surface area is 115 Å². The van der Waals surface area contributed by atoms with Crippen molar-refractivity contribution in [1.29, 1.82) is 0 Å². The second-order valence-corrected chi connectivity index (χ2v) is 6.23. The number of rotatable bonds is 8. The lowest BCUT2D eigenvalue weighted by Crippen LogP contribution is -2.32. The van der Waals surface area contributed by atoms with Crippen LogP contribution >= 0.6 is 7.75 Å². The van der Waals surface area contributed by atoms with Crippen molar-refractivity contribution in [2.24, 2.45) is 10.5 Å². The Morgan fingerprint density at radius 1 is 1.37 bits per heavy atom. The molecule has 19 heavy (non-hydrogen) atoms. The summed E-state index contributed by atoms with van der Waals surface area (Å²) in [5.74, 6) is 0.548. The molecule has 0 aromatic carbocycles. The van der Waals surface area contributed by atoms with E-state index in [-0.39, 0.29) is 0 Å². The molecule has 1 aliphatic rings. The predicted octanol–water partition coefficient (Wildman–Crippen LogP) is 0.856. The molecular formula is C11H25N4O3P. The maximum atomic E-state index is 11.5. The Balaban J connectivity index is 2.50. The fourth-order valence-corrected chi connectivity index (χ4v) is 2.60. The summed E-state index contributed by atoms with van der Waals surface area (Å²) in [6, 6.07) is 0. The Bertz CT molecular complexity index is 351. The lowest BCUT2D eigenvalue weighted by Gasteiger charge is -2.21. The SMILES string of the molecule is COP(=O)(O)/N=C1\N(C)CCN1CCCCCCN. The zero-order valence-corrected chi connectivity index (χ0v) is 12.7. The van der Waals surface area contributed by atoms with E-state index in [1.807, 2.05) is 16.8 Å². The van der Waals surface area contributed by atoms with Gasteiger partial charge < -0.3 is 20.4 Å². The minimum absolute atomic E-state index is 0.548. The molecule has 8 heteroatoms. The number of guanidine groups is 1. The van der Waals surface area contributed by atoms with Crippen LogP contribution in [0.5, 0.6) is 0 Å². The van der Waals surface area contributed by atoms with Crippen LogP contribution in [0.25, 0.3) is 0 Å². The van der Waals surface area contributed by atoms with Gasteiger partial charge in [-0.25, -0.2) is 4.57 Å². The molecule has 1 fully saturated rings. The van der Waals surface area contributed by atoms with Crippen molar-refractivity contribution in [1.82, 2.24) is 9.80 Å². The first-order valence-electron chi connectivity index (χ1n) is 6.65. The summed E-state index contributed by atoms with van der Waals surface area (Å²) in [6.07, 6.45) is 4.33. The van der Waals surface area contributed by atoms with Crippen molar-refractivity contribution in [3.8, 4) is 0 Å². The van der Waals surface area contributed by atoms with Crippen LogP contribution in [0.1, 0.15) is 25.7 Å². The molecule has 0 amide bonds. The molecule has 1 atom stereocenters. The first-order valence-corrected chi connectivity index (χ1v) is 8.18. The van der Waals surface area contributed by atoms with Gasteiger partial charge in [-0.1, -0.05) is 12.8 Å². The van der Waals surface area contributed by atoms with E-state index in [1.54, 1.807) is 0 Å².